The van der Waals surface area contributed by atoms with Crippen LogP contribution in [0.2, 0.25) is 0 Å². The Balaban J connectivity index is 1.98. The molecule has 1 aliphatic rings. The van der Waals surface area contributed by atoms with Gasteiger partial charge in [0, 0.05) is 12.6 Å². The maximum atomic E-state index is 12.0. The molecule has 2 heterocycles. The summed E-state index contributed by atoms with van der Waals surface area (Å²) in [6, 6.07) is 3.80. The van der Waals surface area contributed by atoms with Crippen LogP contribution in [0, 0.1) is 0 Å². The van der Waals surface area contributed by atoms with Gasteiger partial charge in [0.05, 0.1) is 25.5 Å². The molecule has 1 aromatic heterocycles. The molecule has 0 aromatic carbocycles. The summed E-state index contributed by atoms with van der Waals surface area (Å²) >= 11 is 0. The van der Waals surface area contributed by atoms with Crippen LogP contribution in [0.4, 0.5) is 0 Å². The van der Waals surface area contributed by atoms with Crippen molar-refractivity contribution in [3.63, 3.8) is 0 Å². The standard InChI is InChI=1S/C13H19NO3/c1-3-11-9-17-10(2)7-14(11)8-12(15)13-5-4-6-16-13/h4-6,10-11H,3,7-9H2,1-2H3. The Kier molecular flexibility index (Phi) is 3.97. The molecule has 0 bridgehead atoms. The highest BCUT2D eigenvalue weighted by Gasteiger charge is 2.27. The molecule has 2 rings (SSSR count). The molecule has 2 atom stereocenters. The lowest BCUT2D eigenvalue weighted by molar-refractivity contribution is -0.0525. The fraction of sp³-hybridized carbons (Fsp3) is 0.615. The molecular formula is C13H19NO3. The van der Waals surface area contributed by atoms with Crippen molar-refractivity contribution in [2.45, 2.75) is 32.4 Å². The molecule has 0 aliphatic carbocycles. The van der Waals surface area contributed by atoms with Gasteiger partial charge in [-0.1, -0.05) is 6.92 Å². The maximum Gasteiger partial charge on any atom is 0.211 e. The molecular weight excluding hydrogens is 218 g/mol. The topological polar surface area (TPSA) is 42.7 Å². The predicted molar refractivity (Wildman–Crippen MR) is 64.1 cm³/mol. The van der Waals surface area contributed by atoms with Crippen LogP contribution in [0.3, 0.4) is 0 Å². The molecule has 2 unspecified atom stereocenters. The van der Waals surface area contributed by atoms with Gasteiger partial charge < -0.3 is 9.15 Å². The van der Waals surface area contributed by atoms with E-state index in [0.717, 1.165) is 13.0 Å². The number of morpholine rings is 1. The summed E-state index contributed by atoms with van der Waals surface area (Å²) in [4.78, 5) is 14.2. The summed E-state index contributed by atoms with van der Waals surface area (Å²) in [7, 11) is 0. The number of hydrogen-bond donors (Lipinski definition) is 0. The molecule has 1 fully saturated rings. The third-order valence-corrected chi connectivity index (χ3v) is 3.20. The Morgan fingerprint density at radius 1 is 1.59 bits per heavy atom. The van der Waals surface area contributed by atoms with Crippen molar-refractivity contribution in [2.24, 2.45) is 0 Å². The van der Waals surface area contributed by atoms with Crippen molar-refractivity contribution >= 4 is 5.78 Å². The zero-order valence-corrected chi connectivity index (χ0v) is 10.4. The molecule has 1 aliphatic heterocycles. The summed E-state index contributed by atoms with van der Waals surface area (Å²) in [6.45, 7) is 6.10. The van der Waals surface area contributed by atoms with Crippen molar-refractivity contribution in [1.29, 1.82) is 0 Å². The van der Waals surface area contributed by atoms with Crippen LogP contribution in [-0.4, -0.2) is 42.5 Å². The largest absolute Gasteiger partial charge is 0.461 e. The quantitative estimate of drug-likeness (QED) is 0.751. The predicted octanol–water partition coefficient (Wildman–Crippen LogP) is 1.96. The van der Waals surface area contributed by atoms with Gasteiger partial charge in [-0.05, 0) is 25.5 Å². The van der Waals surface area contributed by atoms with Gasteiger partial charge in [0.2, 0.25) is 5.78 Å². The van der Waals surface area contributed by atoms with E-state index in [2.05, 4.69) is 11.8 Å². The minimum absolute atomic E-state index is 0.0440. The number of hydrogen-bond acceptors (Lipinski definition) is 4. The third kappa shape index (κ3) is 2.96. The first-order valence-electron chi connectivity index (χ1n) is 6.13. The van der Waals surface area contributed by atoms with Gasteiger partial charge in [0.1, 0.15) is 0 Å². The second-order valence-corrected chi connectivity index (χ2v) is 4.54. The van der Waals surface area contributed by atoms with Crippen molar-refractivity contribution < 1.29 is 13.9 Å². The van der Waals surface area contributed by atoms with Gasteiger partial charge in [-0.15, -0.1) is 0 Å². The molecule has 94 valence electrons. The van der Waals surface area contributed by atoms with Gasteiger partial charge in [0.15, 0.2) is 5.76 Å². The number of nitrogens with zero attached hydrogens (tertiary/aromatic N) is 1. The van der Waals surface area contributed by atoms with E-state index in [4.69, 9.17) is 9.15 Å². The molecule has 0 radical (unpaired) electrons. The number of carbonyl (C=O) groups excluding carboxylic acids is 1. The summed E-state index contributed by atoms with van der Waals surface area (Å²) in [6.07, 6.45) is 2.73. The van der Waals surface area contributed by atoms with E-state index in [1.165, 1.54) is 6.26 Å². The highest BCUT2D eigenvalue weighted by molar-refractivity contribution is 5.95. The van der Waals surface area contributed by atoms with Crippen LogP contribution in [0.5, 0.6) is 0 Å². The number of carbonyl (C=O) groups is 1. The van der Waals surface area contributed by atoms with E-state index in [1.807, 2.05) is 6.92 Å². The van der Waals surface area contributed by atoms with E-state index in [9.17, 15) is 4.79 Å². The van der Waals surface area contributed by atoms with Gasteiger partial charge in [-0.3, -0.25) is 9.69 Å². The second kappa shape index (κ2) is 5.47. The van der Waals surface area contributed by atoms with E-state index >= 15 is 0 Å². The molecule has 4 nitrogen and oxygen atoms in total. The summed E-state index contributed by atoms with van der Waals surface area (Å²) < 4.78 is 10.7. The van der Waals surface area contributed by atoms with Crippen molar-refractivity contribution in [2.75, 3.05) is 19.7 Å². The fourth-order valence-corrected chi connectivity index (χ4v) is 2.18. The van der Waals surface area contributed by atoms with Crippen LogP contribution in [0.1, 0.15) is 30.8 Å². The van der Waals surface area contributed by atoms with Crippen LogP contribution in [0.15, 0.2) is 22.8 Å². The van der Waals surface area contributed by atoms with Gasteiger partial charge >= 0.3 is 0 Å². The van der Waals surface area contributed by atoms with Crippen LogP contribution in [-0.2, 0) is 4.74 Å². The minimum atomic E-state index is 0.0440. The Labute approximate surface area is 102 Å². The zero-order chi connectivity index (χ0) is 12.3. The Hall–Kier alpha value is -1.13. The molecule has 0 amide bonds. The number of Topliss-reactive ketones (excluding diaryl/α,β-unsaturated/α-hetero) is 1. The van der Waals surface area contributed by atoms with Crippen LogP contribution >= 0.6 is 0 Å². The normalized spacial score (nSPS) is 26.0. The van der Waals surface area contributed by atoms with Gasteiger partial charge in [0.25, 0.3) is 0 Å². The van der Waals surface area contributed by atoms with E-state index in [0.29, 0.717) is 25.0 Å². The van der Waals surface area contributed by atoms with Crippen molar-refractivity contribution in [3.05, 3.63) is 24.2 Å². The Morgan fingerprint density at radius 2 is 2.41 bits per heavy atom. The van der Waals surface area contributed by atoms with Crippen LogP contribution < -0.4 is 0 Å². The average molecular weight is 237 g/mol. The van der Waals surface area contributed by atoms with E-state index in [-0.39, 0.29) is 11.9 Å². The fourth-order valence-electron chi connectivity index (χ4n) is 2.18. The summed E-state index contributed by atoms with van der Waals surface area (Å²) in [5, 5.41) is 0. The van der Waals surface area contributed by atoms with E-state index in [1.54, 1.807) is 12.1 Å². The lowest BCUT2D eigenvalue weighted by Gasteiger charge is -2.37. The second-order valence-electron chi connectivity index (χ2n) is 4.54. The summed E-state index contributed by atoms with van der Waals surface area (Å²) in [5.41, 5.74) is 0. The molecule has 0 N–H and O–H groups in total. The lowest BCUT2D eigenvalue weighted by Crippen LogP contribution is -2.50. The SMILES string of the molecule is CCC1COC(C)CN1CC(=O)c1ccco1. The summed E-state index contributed by atoms with van der Waals surface area (Å²) in [5.74, 6) is 0.488. The molecule has 0 spiro atoms. The number of rotatable bonds is 4. The first-order chi connectivity index (χ1) is 8.20. The molecule has 0 saturated carbocycles. The van der Waals surface area contributed by atoms with Gasteiger partial charge in [-0.25, -0.2) is 0 Å². The number of furan rings is 1. The Morgan fingerprint density at radius 3 is 3.06 bits per heavy atom. The highest BCUT2D eigenvalue weighted by atomic mass is 16.5. The van der Waals surface area contributed by atoms with E-state index < -0.39 is 0 Å². The average Bonchev–Trinajstić information content (AvgIpc) is 2.83. The number of ketones is 1. The molecule has 1 aromatic rings. The van der Waals surface area contributed by atoms with Crippen LogP contribution in [0.25, 0.3) is 0 Å². The number of ether oxygens (including phenoxy) is 1. The molecule has 1 saturated heterocycles. The monoisotopic (exact) mass is 237 g/mol. The zero-order valence-electron chi connectivity index (χ0n) is 10.4. The first kappa shape index (κ1) is 12.3. The van der Waals surface area contributed by atoms with Crippen molar-refractivity contribution in [3.8, 4) is 0 Å². The maximum absolute atomic E-state index is 12.0. The van der Waals surface area contributed by atoms with Crippen molar-refractivity contribution in [1.82, 2.24) is 4.90 Å². The third-order valence-electron chi connectivity index (χ3n) is 3.20. The minimum Gasteiger partial charge on any atom is -0.461 e. The lowest BCUT2D eigenvalue weighted by atomic mass is 10.1. The first-order valence-corrected chi connectivity index (χ1v) is 6.13. The molecule has 4 heteroatoms. The highest BCUT2D eigenvalue weighted by Crippen LogP contribution is 2.15. The van der Waals surface area contributed by atoms with Gasteiger partial charge in [-0.2, -0.15) is 0 Å². The smallest absolute Gasteiger partial charge is 0.211 e. The Bertz CT molecular complexity index is 361. The molecule has 17 heavy (non-hydrogen) atoms.